The van der Waals surface area contributed by atoms with E-state index < -0.39 is 0 Å². The summed E-state index contributed by atoms with van der Waals surface area (Å²) >= 11 is 0. The van der Waals surface area contributed by atoms with Crippen LogP contribution in [0.5, 0.6) is 5.75 Å². The van der Waals surface area contributed by atoms with Crippen LogP contribution in [-0.2, 0) is 0 Å². The summed E-state index contributed by atoms with van der Waals surface area (Å²) in [6, 6.07) is 9.65. The number of hydrogen-bond donors (Lipinski definition) is 1. The number of nitrogens with zero attached hydrogens (tertiary/aromatic N) is 1. The lowest BCUT2D eigenvalue weighted by molar-refractivity contribution is 0.252. The van der Waals surface area contributed by atoms with Crippen molar-refractivity contribution in [2.24, 2.45) is 5.73 Å². The van der Waals surface area contributed by atoms with E-state index >= 15 is 0 Å². The first kappa shape index (κ1) is 11.5. The summed E-state index contributed by atoms with van der Waals surface area (Å²) < 4.78 is 5.45. The average Bonchev–Trinajstić information content (AvgIpc) is 2.26. The molecule has 0 aliphatic heterocycles. The first-order valence-corrected chi connectivity index (χ1v) is 5.09. The molecule has 0 radical (unpaired) electrons. The molecule has 0 spiro atoms. The maximum absolute atomic E-state index is 8.74. The molecular formula is C12H16N2O. The predicted molar refractivity (Wildman–Crippen MR) is 59.4 cm³/mol. The maximum Gasteiger partial charge on any atom is 0.184 e. The van der Waals surface area contributed by atoms with E-state index in [1.54, 1.807) is 0 Å². The molecular weight excluding hydrogens is 188 g/mol. The third-order valence-electron chi connectivity index (χ3n) is 2.20. The van der Waals surface area contributed by atoms with Crippen LogP contribution in [0.4, 0.5) is 0 Å². The summed E-state index contributed by atoms with van der Waals surface area (Å²) in [6.07, 6.45) is 0.317. The monoisotopic (exact) mass is 204 g/mol. The van der Waals surface area contributed by atoms with Gasteiger partial charge in [0.2, 0.25) is 0 Å². The van der Waals surface area contributed by atoms with Gasteiger partial charge in [-0.05, 0) is 31.0 Å². The molecule has 2 atom stereocenters. The van der Waals surface area contributed by atoms with Gasteiger partial charge in [0.15, 0.2) is 6.10 Å². The van der Waals surface area contributed by atoms with Gasteiger partial charge in [0.1, 0.15) is 11.8 Å². The van der Waals surface area contributed by atoms with Crippen LogP contribution in [0, 0.1) is 11.3 Å². The lowest BCUT2D eigenvalue weighted by Crippen LogP contribution is -2.12. The third-order valence-corrected chi connectivity index (χ3v) is 2.20. The largest absolute Gasteiger partial charge is 0.476 e. The Morgan fingerprint density at radius 1 is 1.40 bits per heavy atom. The molecule has 80 valence electrons. The normalized spacial score (nSPS) is 14.0. The van der Waals surface area contributed by atoms with Crippen molar-refractivity contribution >= 4 is 0 Å². The van der Waals surface area contributed by atoms with Gasteiger partial charge < -0.3 is 10.5 Å². The molecule has 0 aromatic heterocycles. The average molecular weight is 204 g/mol. The molecule has 0 bridgehead atoms. The predicted octanol–water partition coefficient (Wildman–Crippen LogP) is 2.39. The topological polar surface area (TPSA) is 59.0 Å². The quantitative estimate of drug-likeness (QED) is 0.819. The molecule has 1 aromatic carbocycles. The maximum atomic E-state index is 8.74. The molecule has 0 saturated heterocycles. The van der Waals surface area contributed by atoms with E-state index in [1.165, 1.54) is 0 Å². The Labute approximate surface area is 90.5 Å². The highest BCUT2D eigenvalue weighted by Crippen LogP contribution is 2.17. The summed E-state index contributed by atoms with van der Waals surface area (Å²) in [6.45, 7) is 3.85. The number of nitrogens with two attached hydrogens (primary N) is 1. The summed E-state index contributed by atoms with van der Waals surface area (Å²) in [4.78, 5) is 0. The van der Waals surface area contributed by atoms with Gasteiger partial charge in [-0.3, -0.25) is 0 Å². The van der Waals surface area contributed by atoms with Crippen molar-refractivity contribution in [3.05, 3.63) is 29.8 Å². The van der Waals surface area contributed by atoms with E-state index in [9.17, 15) is 0 Å². The minimum atomic E-state index is -0.369. The first-order chi connectivity index (χ1) is 7.17. The molecule has 0 fully saturated rings. The van der Waals surface area contributed by atoms with Crippen molar-refractivity contribution < 1.29 is 4.74 Å². The van der Waals surface area contributed by atoms with Crippen molar-refractivity contribution in [3.63, 3.8) is 0 Å². The number of ether oxygens (including phenoxy) is 1. The second-order valence-electron chi connectivity index (χ2n) is 3.50. The summed E-state index contributed by atoms with van der Waals surface area (Å²) in [5.41, 5.74) is 6.79. The van der Waals surface area contributed by atoms with E-state index in [4.69, 9.17) is 15.7 Å². The Hall–Kier alpha value is -1.53. The van der Waals surface area contributed by atoms with Crippen molar-refractivity contribution in [1.29, 1.82) is 5.26 Å². The lowest BCUT2D eigenvalue weighted by Gasteiger charge is -2.11. The molecule has 0 heterocycles. The Balaban J connectivity index is 2.69. The first-order valence-electron chi connectivity index (χ1n) is 5.09. The van der Waals surface area contributed by atoms with Crippen LogP contribution >= 0.6 is 0 Å². The molecule has 3 nitrogen and oxygen atoms in total. The Morgan fingerprint density at radius 3 is 2.40 bits per heavy atom. The van der Waals surface area contributed by atoms with E-state index in [2.05, 4.69) is 6.07 Å². The molecule has 1 rings (SSSR count). The van der Waals surface area contributed by atoms with Gasteiger partial charge in [-0.15, -0.1) is 0 Å². The number of hydrogen-bond acceptors (Lipinski definition) is 3. The van der Waals surface area contributed by atoms with Gasteiger partial charge >= 0.3 is 0 Å². The minimum Gasteiger partial charge on any atom is -0.476 e. The van der Waals surface area contributed by atoms with Crippen molar-refractivity contribution in [2.45, 2.75) is 32.4 Å². The molecule has 0 saturated carbocycles. The fraction of sp³-hybridized carbons (Fsp3) is 0.417. The second-order valence-corrected chi connectivity index (χ2v) is 3.50. The Bertz CT molecular complexity index is 338. The fourth-order valence-electron chi connectivity index (χ4n) is 1.22. The zero-order valence-electron chi connectivity index (χ0n) is 9.10. The molecule has 1 aromatic rings. The smallest absolute Gasteiger partial charge is 0.184 e. The SMILES string of the molecule is CCC(C#N)Oc1ccc(C(C)N)cc1. The molecule has 15 heavy (non-hydrogen) atoms. The van der Waals surface area contributed by atoms with Crippen LogP contribution in [0.15, 0.2) is 24.3 Å². The highest BCUT2D eigenvalue weighted by molar-refractivity contribution is 5.29. The number of rotatable bonds is 4. The molecule has 2 N–H and O–H groups in total. The third kappa shape index (κ3) is 3.26. The van der Waals surface area contributed by atoms with Crippen LogP contribution < -0.4 is 10.5 Å². The van der Waals surface area contributed by atoms with Crippen LogP contribution in [0.1, 0.15) is 31.9 Å². The summed E-state index contributed by atoms with van der Waals surface area (Å²) in [5.74, 6) is 0.716. The van der Waals surface area contributed by atoms with Gasteiger partial charge in [0.25, 0.3) is 0 Å². The van der Waals surface area contributed by atoms with Crippen molar-refractivity contribution in [3.8, 4) is 11.8 Å². The van der Waals surface area contributed by atoms with Gasteiger partial charge in [0.05, 0.1) is 0 Å². The molecule has 0 aliphatic rings. The highest BCUT2D eigenvalue weighted by Gasteiger charge is 2.06. The van der Waals surface area contributed by atoms with Crippen LogP contribution in [0.3, 0.4) is 0 Å². The summed E-state index contributed by atoms with van der Waals surface area (Å²) in [7, 11) is 0. The van der Waals surface area contributed by atoms with Gasteiger partial charge in [-0.1, -0.05) is 19.1 Å². The van der Waals surface area contributed by atoms with Crippen LogP contribution in [-0.4, -0.2) is 6.10 Å². The minimum absolute atomic E-state index is 0.0250. The van der Waals surface area contributed by atoms with E-state index in [0.717, 1.165) is 5.56 Å². The number of benzene rings is 1. The van der Waals surface area contributed by atoms with Crippen LogP contribution in [0.2, 0.25) is 0 Å². The highest BCUT2D eigenvalue weighted by atomic mass is 16.5. The van der Waals surface area contributed by atoms with Crippen molar-refractivity contribution in [2.75, 3.05) is 0 Å². The molecule has 0 amide bonds. The van der Waals surface area contributed by atoms with Crippen LogP contribution in [0.25, 0.3) is 0 Å². The Morgan fingerprint density at radius 2 is 2.00 bits per heavy atom. The molecule has 2 unspecified atom stereocenters. The van der Waals surface area contributed by atoms with Gasteiger partial charge in [-0.25, -0.2) is 0 Å². The lowest BCUT2D eigenvalue weighted by atomic mass is 10.1. The fourth-order valence-corrected chi connectivity index (χ4v) is 1.22. The van der Waals surface area contributed by atoms with E-state index in [0.29, 0.717) is 12.2 Å². The zero-order chi connectivity index (χ0) is 11.3. The summed E-state index contributed by atoms with van der Waals surface area (Å²) in [5, 5.41) is 8.74. The standard InChI is InChI=1S/C12H16N2O/c1-3-11(8-13)15-12-6-4-10(5-7-12)9(2)14/h4-7,9,11H,3,14H2,1-2H3. The van der Waals surface area contributed by atoms with E-state index in [1.807, 2.05) is 38.1 Å². The zero-order valence-corrected chi connectivity index (χ0v) is 9.10. The van der Waals surface area contributed by atoms with E-state index in [-0.39, 0.29) is 12.1 Å². The second kappa shape index (κ2) is 5.38. The van der Waals surface area contributed by atoms with Crippen molar-refractivity contribution in [1.82, 2.24) is 0 Å². The molecule has 3 heteroatoms. The molecule has 0 aliphatic carbocycles. The Kier molecular flexibility index (Phi) is 4.14. The number of nitriles is 1. The van der Waals surface area contributed by atoms with Gasteiger partial charge in [-0.2, -0.15) is 5.26 Å². The van der Waals surface area contributed by atoms with Gasteiger partial charge in [0, 0.05) is 6.04 Å².